The lowest BCUT2D eigenvalue weighted by Crippen LogP contribution is -2.31. The summed E-state index contributed by atoms with van der Waals surface area (Å²) in [7, 11) is 1.55. The third kappa shape index (κ3) is 5.42. The Balaban J connectivity index is 1.57. The number of benzene rings is 1. The number of hydrogen-bond acceptors (Lipinski definition) is 7. The maximum absolute atomic E-state index is 13.9. The molecule has 1 amide bonds. The van der Waals surface area contributed by atoms with Gasteiger partial charge in [0.15, 0.2) is 11.5 Å². The van der Waals surface area contributed by atoms with Crippen LogP contribution in [0.1, 0.15) is 47.1 Å². The quantitative estimate of drug-likeness (QED) is 0.244. The topological polar surface area (TPSA) is 129 Å². The highest BCUT2D eigenvalue weighted by molar-refractivity contribution is 6.04. The maximum atomic E-state index is 13.9. The molecule has 1 atom stereocenters. The number of nitrogens with one attached hydrogen (secondary N) is 1. The first kappa shape index (κ1) is 26.9. The van der Waals surface area contributed by atoms with E-state index < -0.39 is 11.9 Å². The molecular weight excluding hydrogens is 518 g/mol. The van der Waals surface area contributed by atoms with Crippen LogP contribution in [-0.4, -0.2) is 37.2 Å². The second kappa shape index (κ2) is 11.6. The minimum absolute atomic E-state index is 0.0626. The number of ether oxygens (including phenoxy) is 1. The van der Waals surface area contributed by atoms with Crippen LogP contribution >= 0.6 is 0 Å². The highest BCUT2D eigenvalue weighted by Crippen LogP contribution is 2.23. The van der Waals surface area contributed by atoms with Gasteiger partial charge in [-0.05, 0) is 49.6 Å². The summed E-state index contributed by atoms with van der Waals surface area (Å²) in [6.45, 7) is 3.68. The maximum Gasteiger partial charge on any atom is 0.264 e. The normalized spacial score (nSPS) is 12.1. The molecule has 1 aromatic carbocycles. The van der Waals surface area contributed by atoms with Gasteiger partial charge in [-0.1, -0.05) is 36.1 Å². The van der Waals surface area contributed by atoms with Crippen LogP contribution in [0.25, 0.3) is 22.6 Å². The number of hydrogen-bond donors (Lipinski definition) is 2. The standard InChI is InChI=1S/C31H27N7O3/c1-4-5-6-16-37-24(20(2)35-30(39)27-28(32)36-38-17-8-15-33-29(27)38)18-23-10-7-9-22(26(23)31(37)40)13-11-21-12-14-25(41-3)34-19-21/h4-10,12,14-20H,1-3H3,(H2,32,36)(H,35,39)/b5-4-,16-6-/t20-/m0/s1. The number of aromatic nitrogens is 5. The van der Waals surface area contributed by atoms with Gasteiger partial charge in [-0.25, -0.2) is 14.5 Å². The Morgan fingerprint density at radius 1 is 1.15 bits per heavy atom. The number of carbonyl (C=O) groups excluding carboxylic acids is 1. The van der Waals surface area contributed by atoms with Crippen molar-refractivity contribution in [2.24, 2.45) is 0 Å². The van der Waals surface area contributed by atoms with Crippen molar-refractivity contribution in [1.82, 2.24) is 29.5 Å². The molecule has 10 nitrogen and oxygen atoms in total. The Bertz CT molecular complexity index is 1940. The van der Waals surface area contributed by atoms with Crippen LogP contribution in [0.3, 0.4) is 0 Å². The number of anilines is 1. The van der Waals surface area contributed by atoms with Crippen LogP contribution in [-0.2, 0) is 0 Å². The van der Waals surface area contributed by atoms with Crippen molar-refractivity contribution in [1.29, 1.82) is 0 Å². The average molecular weight is 546 g/mol. The molecule has 10 heteroatoms. The number of nitrogens with zero attached hydrogens (tertiary/aromatic N) is 5. The first-order valence-electron chi connectivity index (χ1n) is 12.8. The molecule has 0 radical (unpaired) electrons. The molecule has 0 aliphatic heterocycles. The molecule has 0 bridgehead atoms. The number of rotatable bonds is 6. The van der Waals surface area contributed by atoms with E-state index in [1.165, 1.54) is 9.08 Å². The molecule has 0 spiro atoms. The third-order valence-electron chi connectivity index (χ3n) is 6.38. The Kier molecular flexibility index (Phi) is 7.60. The van der Waals surface area contributed by atoms with Gasteiger partial charge >= 0.3 is 0 Å². The summed E-state index contributed by atoms with van der Waals surface area (Å²) in [5.41, 5.74) is 8.12. The summed E-state index contributed by atoms with van der Waals surface area (Å²) in [6, 6.07) is 12.0. The van der Waals surface area contributed by atoms with Gasteiger partial charge in [-0.3, -0.25) is 14.2 Å². The highest BCUT2D eigenvalue weighted by atomic mass is 16.5. The van der Waals surface area contributed by atoms with Crippen molar-refractivity contribution in [3.8, 4) is 17.7 Å². The summed E-state index contributed by atoms with van der Waals surface area (Å²) in [5.74, 6) is 6.29. The average Bonchev–Trinajstić information content (AvgIpc) is 3.32. The van der Waals surface area contributed by atoms with Crippen molar-refractivity contribution >= 4 is 34.3 Å². The number of allylic oxidation sites excluding steroid dienone is 3. The minimum Gasteiger partial charge on any atom is -0.481 e. The number of pyridine rings is 2. The SMILES string of the molecule is C/C=C\C=C/n1c([C@H](C)NC(=O)c2c(N)nn3cccnc23)cc2cccc(C#Cc3ccc(OC)nc3)c2c1=O. The van der Waals surface area contributed by atoms with Crippen LogP contribution in [0.15, 0.2) is 84.1 Å². The molecule has 0 fully saturated rings. The van der Waals surface area contributed by atoms with Crippen molar-refractivity contribution in [3.05, 3.63) is 112 Å². The smallest absolute Gasteiger partial charge is 0.264 e. The molecule has 0 saturated carbocycles. The summed E-state index contributed by atoms with van der Waals surface area (Å²) in [6.07, 6.45) is 11.9. The van der Waals surface area contributed by atoms with E-state index in [9.17, 15) is 9.59 Å². The van der Waals surface area contributed by atoms with Crippen LogP contribution in [0.4, 0.5) is 5.82 Å². The lowest BCUT2D eigenvalue weighted by atomic mass is 10.0. The van der Waals surface area contributed by atoms with Crippen molar-refractivity contribution in [3.63, 3.8) is 0 Å². The van der Waals surface area contributed by atoms with Gasteiger partial charge in [0.25, 0.3) is 11.5 Å². The zero-order chi connectivity index (χ0) is 28.9. The van der Waals surface area contributed by atoms with E-state index in [4.69, 9.17) is 10.5 Å². The van der Waals surface area contributed by atoms with Gasteiger partial charge < -0.3 is 15.8 Å². The third-order valence-corrected chi connectivity index (χ3v) is 6.38. The van der Waals surface area contributed by atoms with Crippen molar-refractivity contribution in [2.45, 2.75) is 19.9 Å². The number of fused-ring (bicyclic) bond motifs is 2. The predicted molar refractivity (Wildman–Crippen MR) is 158 cm³/mol. The largest absolute Gasteiger partial charge is 0.481 e. The number of amides is 1. The van der Waals surface area contributed by atoms with Crippen LogP contribution in [0.2, 0.25) is 0 Å². The Morgan fingerprint density at radius 2 is 2.00 bits per heavy atom. The fraction of sp³-hybridized carbons (Fsp3) is 0.129. The van der Waals surface area contributed by atoms with E-state index in [2.05, 4.69) is 32.2 Å². The fourth-order valence-electron chi connectivity index (χ4n) is 4.41. The van der Waals surface area contributed by atoms with Crippen molar-refractivity contribution in [2.75, 3.05) is 12.8 Å². The predicted octanol–water partition coefficient (Wildman–Crippen LogP) is 3.97. The van der Waals surface area contributed by atoms with E-state index in [-0.39, 0.29) is 16.9 Å². The molecule has 41 heavy (non-hydrogen) atoms. The summed E-state index contributed by atoms with van der Waals surface area (Å²) < 4.78 is 8.07. The van der Waals surface area contributed by atoms with E-state index in [0.717, 1.165) is 0 Å². The Morgan fingerprint density at radius 3 is 2.76 bits per heavy atom. The monoisotopic (exact) mass is 545 g/mol. The molecular formula is C31H27N7O3. The highest BCUT2D eigenvalue weighted by Gasteiger charge is 2.23. The molecule has 3 N–H and O–H groups in total. The van der Waals surface area contributed by atoms with Gasteiger partial charge in [0.1, 0.15) is 5.56 Å². The molecule has 5 rings (SSSR count). The summed E-state index contributed by atoms with van der Waals surface area (Å²) >= 11 is 0. The second-order valence-electron chi connectivity index (χ2n) is 9.06. The van der Waals surface area contributed by atoms with Crippen LogP contribution in [0, 0.1) is 11.8 Å². The molecule has 0 unspecified atom stereocenters. The first-order valence-corrected chi connectivity index (χ1v) is 12.8. The van der Waals surface area contributed by atoms with Crippen LogP contribution in [0.5, 0.6) is 5.88 Å². The summed E-state index contributed by atoms with van der Waals surface area (Å²) in [5, 5.41) is 8.28. The van der Waals surface area contributed by atoms with E-state index in [1.54, 1.807) is 69.2 Å². The van der Waals surface area contributed by atoms with E-state index >= 15 is 0 Å². The lowest BCUT2D eigenvalue weighted by Gasteiger charge is -2.19. The zero-order valence-corrected chi connectivity index (χ0v) is 22.7. The fourth-order valence-corrected chi connectivity index (χ4v) is 4.41. The van der Waals surface area contributed by atoms with Crippen molar-refractivity contribution < 1.29 is 9.53 Å². The molecule has 5 aromatic rings. The zero-order valence-electron chi connectivity index (χ0n) is 22.7. The van der Waals surface area contributed by atoms with Gasteiger partial charge in [0.05, 0.1) is 18.5 Å². The summed E-state index contributed by atoms with van der Waals surface area (Å²) in [4.78, 5) is 35.7. The molecule has 4 aromatic heterocycles. The molecule has 0 aliphatic rings. The molecule has 4 heterocycles. The van der Waals surface area contributed by atoms with Crippen LogP contribution < -0.4 is 21.3 Å². The van der Waals surface area contributed by atoms with Gasteiger partial charge in [-0.2, -0.15) is 0 Å². The van der Waals surface area contributed by atoms with Gasteiger partial charge in [0, 0.05) is 47.7 Å². The lowest BCUT2D eigenvalue weighted by molar-refractivity contribution is 0.0941. The molecule has 0 saturated heterocycles. The Labute approximate surface area is 235 Å². The second-order valence-corrected chi connectivity index (χ2v) is 9.06. The van der Waals surface area contributed by atoms with Gasteiger partial charge in [0.2, 0.25) is 5.88 Å². The molecule has 0 aliphatic carbocycles. The number of nitrogens with two attached hydrogens (primary N) is 1. The molecule has 204 valence electrons. The number of carbonyl (C=O) groups is 1. The number of methoxy groups -OCH3 is 1. The van der Waals surface area contributed by atoms with Gasteiger partial charge in [-0.15, -0.1) is 5.10 Å². The Hall–Kier alpha value is -5.69. The minimum atomic E-state index is -0.576. The first-order chi connectivity index (χ1) is 19.9. The number of nitrogen functional groups attached to an aromatic ring is 1. The van der Waals surface area contributed by atoms with E-state index in [0.29, 0.717) is 39.1 Å². The van der Waals surface area contributed by atoms with E-state index in [1.807, 2.05) is 37.3 Å².